The molecule has 2 fully saturated rings. The van der Waals surface area contributed by atoms with Gasteiger partial charge in [-0.2, -0.15) is 4.31 Å². The number of carbonyl (C=O) groups excluding carboxylic acids is 4. The molecule has 0 radical (unpaired) electrons. The molecule has 4 heterocycles. The lowest BCUT2D eigenvalue weighted by atomic mass is 9.77. The number of imide groups is 1. The minimum absolute atomic E-state index is 0.0122. The van der Waals surface area contributed by atoms with Crippen molar-refractivity contribution in [2.75, 3.05) is 33.2 Å². The van der Waals surface area contributed by atoms with Gasteiger partial charge in [0.05, 0.1) is 36.5 Å². The first kappa shape index (κ1) is 33.0. The van der Waals surface area contributed by atoms with Gasteiger partial charge in [0.2, 0.25) is 21.8 Å². The molecule has 2 aromatic carbocycles. The van der Waals surface area contributed by atoms with Gasteiger partial charge in [0.1, 0.15) is 16.7 Å². The van der Waals surface area contributed by atoms with Gasteiger partial charge in [-0.15, -0.1) is 0 Å². The van der Waals surface area contributed by atoms with Crippen molar-refractivity contribution in [2.45, 2.75) is 62.5 Å². The van der Waals surface area contributed by atoms with Crippen molar-refractivity contribution in [1.82, 2.24) is 24.6 Å². The van der Waals surface area contributed by atoms with Crippen molar-refractivity contribution in [1.29, 1.82) is 0 Å². The first-order chi connectivity index (χ1) is 23.6. The standard InChI is InChI=1S/C35H39N5O8S/c1-21-30(18-37-48-21)49(45,46)38-16-15-23(19-38)47-29-13-7-8-22-14-17-39(33(42)25-10-4-3-9-24(25)32(41)36-2)28(31(22)29)20-40-34(43)26-11-5-6-12-27(26)35(40)44/h5-8,11-13,18,23-25,28H,3-4,9-10,14-17,19-20H2,1-2H3,(H,36,41)/t23-,24+,25?,28+/m0/s1. The van der Waals surface area contributed by atoms with E-state index in [1.165, 1.54) is 15.4 Å². The molecule has 1 aliphatic carbocycles. The predicted octanol–water partition coefficient (Wildman–Crippen LogP) is 3.10. The van der Waals surface area contributed by atoms with Crippen LogP contribution >= 0.6 is 0 Å². The summed E-state index contributed by atoms with van der Waals surface area (Å²) in [5, 5.41) is 6.35. The average Bonchev–Trinajstić information content (AvgIpc) is 3.84. The molecule has 3 aliphatic heterocycles. The highest BCUT2D eigenvalue weighted by atomic mass is 32.2. The van der Waals surface area contributed by atoms with Crippen molar-refractivity contribution < 1.29 is 36.9 Å². The summed E-state index contributed by atoms with van der Waals surface area (Å²) < 4.78 is 39.6. The molecule has 0 spiro atoms. The fourth-order valence-electron chi connectivity index (χ4n) is 7.88. The number of sulfonamides is 1. The summed E-state index contributed by atoms with van der Waals surface area (Å²) in [4.78, 5) is 57.6. The monoisotopic (exact) mass is 689 g/mol. The lowest BCUT2D eigenvalue weighted by molar-refractivity contribution is -0.146. The topological polar surface area (TPSA) is 159 Å². The summed E-state index contributed by atoms with van der Waals surface area (Å²) >= 11 is 0. The number of ether oxygens (including phenoxy) is 1. The lowest BCUT2D eigenvalue weighted by Gasteiger charge is -2.43. The maximum absolute atomic E-state index is 14.5. The smallest absolute Gasteiger partial charge is 0.261 e. The zero-order valence-corrected chi connectivity index (χ0v) is 28.3. The first-order valence-corrected chi connectivity index (χ1v) is 18.2. The van der Waals surface area contributed by atoms with Gasteiger partial charge in [0.15, 0.2) is 5.76 Å². The van der Waals surface area contributed by atoms with E-state index in [4.69, 9.17) is 9.26 Å². The largest absolute Gasteiger partial charge is 0.489 e. The van der Waals surface area contributed by atoms with E-state index in [2.05, 4.69) is 10.5 Å². The van der Waals surface area contributed by atoms with Crippen LogP contribution in [-0.2, 0) is 26.0 Å². The van der Waals surface area contributed by atoms with Crippen LogP contribution in [0, 0.1) is 18.8 Å². The van der Waals surface area contributed by atoms with Gasteiger partial charge in [0.25, 0.3) is 11.8 Å². The fourth-order valence-corrected chi connectivity index (χ4v) is 9.44. The Morgan fingerprint density at radius 1 is 0.980 bits per heavy atom. The number of aryl methyl sites for hydroxylation is 1. The van der Waals surface area contributed by atoms with Crippen molar-refractivity contribution in [3.8, 4) is 5.75 Å². The van der Waals surface area contributed by atoms with E-state index in [0.29, 0.717) is 54.7 Å². The van der Waals surface area contributed by atoms with Crippen LogP contribution in [-0.4, -0.2) is 90.6 Å². The minimum atomic E-state index is -3.85. The quantitative estimate of drug-likeness (QED) is 0.351. The van der Waals surface area contributed by atoms with Crippen LogP contribution in [0.3, 0.4) is 0 Å². The Bertz CT molecular complexity index is 1890. The van der Waals surface area contributed by atoms with Crippen molar-refractivity contribution in [3.05, 3.63) is 76.7 Å². The SMILES string of the molecule is CNC(=O)[C@@H]1CCCCC1C(=O)N1CCc2cccc(O[C@H]3CCN(S(=O)(=O)c4cnoc4C)C3)c2[C@H]1CN1C(=O)c2ccccc2C1=O. The summed E-state index contributed by atoms with van der Waals surface area (Å²) in [7, 11) is -2.27. The lowest BCUT2D eigenvalue weighted by Crippen LogP contribution is -2.51. The number of aromatic nitrogens is 1. The van der Waals surface area contributed by atoms with E-state index < -0.39 is 45.8 Å². The Balaban J connectivity index is 1.22. The minimum Gasteiger partial charge on any atom is -0.489 e. The summed E-state index contributed by atoms with van der Waals surface area (Å²) in [5.41, 5.74) is 2.22. The molecule has 13 nitrogen and oxygen atoms in total. The zero-order chi connectivity index (χ0) is 34.4. The van der Waals surface area contributed by atoms with Crippen LogP contribution in [0.15, 0.2) is 58.1 Å². The van der Waals surface area contributed by atoms with Gasteiger partial charge < -0.3 is 19.5 Å². The zero-order valence-electron chi connectivity index (χ0n) is 27.5. The molecule has 258 valence electrons. The van der Waals surface area contributed by atoms with E-state index in [0.717, 1.165) is 18.4 Å². The average molecular weight is 690 g/mol. The number of nitrogens with zero attached hydrogens (tertiary/aromatic N) is 4. The summed E-state index contributed by atoms with van der Waals surface area (Å²) in [6, 6.07) is 11.5. The van der Waals surface area contributed by atoms with Crippen LogP contribution in [0.25, 0.3) is 0 Å². The molecule has 1 saturated carbocycles. The molecule has 4 amide bonds. The third-order valence-electron chi connectivity index (χ3n) is 10.4. The van der Waals surface area contributed by atoms with E-state index in [1.807, 2.05) is 12.1 Å². The van der Waals surface area contributed by atoms with Gasteiger partial charge in [-0.3, -0.25) is 24.1 Å². The molecule has 1 aromatic heterocycles. The highest BCUT2D eigenvalue weighted by Crippen LogP contribution is 2.42. The van der Waals surface area contributed by atoms with Crippen LogP contribution in [0.4, 0.5) is 0 Å². The van der Waals surface area contributed by atoms with E-state index >= 15 is 0 Å². The Morgan fingerprint density at radius 2 is 1.69 bits per heavy atom. The maximum Gasteiger partial charge on any atom is 0.261 e. The van der Waals surface area contributed by atoms with E-state index in [-0.39, 0.29) is 42.1 Å². The Kier molecular flexibility index (Phi) is 8.78. The third-order valence-corrected chi connectivity index (χ3v) is 12.4. The molecule has 7 rings (SSSR count). The molecule has 0 bridgehead atoms. The van der Waals surface area contributed by atoms with Gasteiger partial charge in [-0.1, -0.05) is 42.3 Å². The molecule has 4 aliphatic rings. The molecule has 1 saturated heterocycles. The molecule has 1 unspecified atom stereocenters. The van der Waals surface area contributed by atoms with Gasteiger partial charge >= 0.3 is 0 Å². The van der Waals surface area contributed by atoms with Gasteiger partial charge in [-0.25, -0.2) is 8.42 Å². The number of benzene rings is 2. The van der Waals surface area contributed by atoms with Crippen LogP contribution < -0.4 is 10.1 Å². The maximum atomic E-state index is 14.5. The molecular weight excluding hydrogens is 650 g/mol. The number of amides is 4. The molecule has 1 N–H and O–H groups in total. The number of carbonyl (C=O) groups is 4. The van der Waals surface area contributed by atoms with Crippen LogP contribution in [0.1, 0.15) is 75.7 Å². The van der Waals surface area contributed by atoms with Gasteiger partial charge in [0, 0.05) is 37.5 Å². The summed E-state index contributed by atoms with van der Waals surface area (Å²) in [6.45, 7) is 2.12. The normalized spacial score (nSPS) is 24.1. The Morgan fingerprint density at radius 3 is 2.37 bits per heavy atom. The number of nitrogens with one attached hydrogen (secondary N) is 1. The second-order valence-electron chi connectivity index (χ2n) is 13.1. The highest BCUT2D eigenvalue weighted by Gasteiger charge is 2.45. The van der Waals surface area contributed by atoms with Crippen molar-refractivity contribution in [3.63, 3.8) is 0 Å². The van der Waals surface area contributed by atoms with Crippen LogP contribution in [0.2, 0.25) is 0 Å². The first-order valence-electron chi connectivity index (χ1n) is 16.8. The second kappa shape index (κ2) is 13.0. The number of rotatable bonds is 8. The molecule has 4 atom stereocenters. The second-order valence-corrected chi connectivity index (χ2v) is 15.0. The summed E-state index contributed by atoms with van der Waals surface area (Å²) in [5.74, 6) is -1.55. The predicted molar refractivity (Wildman–Crippen MR) is 175 cm³/mol. The molecule has 49 heavy (non-hydrogen) atoms. The van der Waals surface area contributed by atoms with Crippen molar-refractivity contribution in [2.24, 2.45) is 11.8 Å². The number of fused-ring (bicyclic) bond motifs is 2. The molecule has 3 aromatic rings. The third kappa shape index (κ3) is 5.80. The Labute approximate surface area is 284 Å². The van der Waals surface area contributed by atoms with Gasteiger partial charge in [-0.05, 0) is 56.4 Å². The Hall–Kier alpha value is -4.56. The molecular formula is C35H39N5O8S. The number of hydrogen-bond donors (Lipinski definition) is 1. The van der Waals surface area contributed by atoms with Crippen LogP contribution in [0.5, 0.6) is 5.75 Å². The number of hydrogen-bond acceptors (Lipinski definition) is 9. The van der Waals surface area contributed by atoms with E-state index in [1.54, 1.807) is 49.2 Å². The fraction of sp³-hybridized carbons (Fsp3) is 0.457. The summed E-state index contributed by atoms with van der Waals surface area (Å²) in [6.07, 6.45) is 4.48. The highest BCUT2D eigenvalue weighted by molar-refractivity contribution is 7.89. The van der Waals surface area contributed by atoms with E-state index in [9.17, 15) is 27.6 Å². The van der Waals surface area contributed by atoms with Crippen molar-refractivity contribution >= 4 is 33.7 Å². The molecule has 14 heteroatoms.